The van der Waals surface area contributed by atoms with Gasteiger partial charge in [0.1, 0.15) is 19.3 Å². The molecule has 0 fully saturated rings. The fourth-order valence-corrected chi connectivity index (χ4v) is 14.8. The van der Waals surface area contributed by atoms with Crippen LogP contribution in [-0.2, 0) is 65.4 Å². The lowest BCUT2D eigenvalue weighted by atomic mass is 10.00. The van der Waals surface area contributed by atoms with Crippen molar-refractivity contribution < 1.29 is 80.2 Å². The largest absolute Gasteiger partial charge is 0.472 e. The monoisotopic (exact) mass is 1520 g/mol. The number of phosphoric acid groups is 2. The molecule has 0 aromatic heterocycles. The Morgan fingerprint density at radius 2 is 0.490 bits per heavy atom. The third-order valence-corrected chi connectivity index (χ3v) is 22.2. The lowest BCUT2D eigenvalue weighted by Crippen LogP contribution is -2.30. The molecule has 6 atom stereocenters. The van der Waals surface area contributed by atoms with Crippen molar-refractivity contribution in [2.45, 2.75) is 471 Å². The molecule has 19 heteroatoms. The predicted octanol–water partition coefficient (Wildman–Crippen LogP) is 25.8. The van der Waals surface area contributed by atoms with E-state index in [1.54, 1.807) is 0 Å². The molecule has 0 aliphatic carbocycles. The number of aliphatic hydroxyl groups is 1. The molecular formula is C85H166O17P2. The Balaban J connectivity index is 5.20. The summed E-state index contributed by atoms with van der Waals surface area (Å²) in [5.41, 5.74) is 0. The van der Waals surface area contributed by atoms with E-state index in [4.69, 9.17) is 37.0 Å². The first-order chi connectivity index (χ1) is 50.4. The smallest absolute Gasteiger partial charge is 0.462 e. The Kier molecular flexibility index (Phi) is 75.0. The quantitative estimate of drug-likeness (QED) is 0.0222. The average molecular weight is 1520 g/mol. The van der Waals surface area contributed by atoms with Crippen molar-refractivity contribution in [1.29, 1.82) is 0 Å². The van der Waals surface area contributed by atoms with E-state index in [-0.39, 0.29) is 25.7 Å². The molecule has 0 bridgehead atoms. The van der Waals surface area contributed by atoms with Crippen molar-refractivity contribution in [2.24, 2.45) is 11.8 Å². The van der Waals surface area contributed by atoms with Crippen LogP contribution in [0.2, 0.25) is 0 Å². The highest BCUT2D eigenvalue weighted by atomic mass is 31.2. The van der Waals surface area contributed by atoms with E-state index in [0.29, 0.717) is 25.7 Å². The van der Waals surface area contributed by atoms with Crippen LogP contribution in [0.15, 0.2) is 0 Å². The molecule has 0 spiro atoms. The number of rotatable bonds is 84. The van der Waals surface area contributed by atoms with Gasteiger partial charge in [0.2, 0.25) is 0 Å². The van der Waals surface area contributed by atoms with E-state index in [0.717, 1.165) is 108 Å². The zero-order chi connectivity index (χ0) is 76.4. The van der Waals surface area contributed by atoms with Gasteiger partial charge in [-0.3, -0.25) is 37.3 Å². The Hall–Kier alpha value is -1.94. The van der Waals surface area contributed by atoms with Crippen LogP contribution in [-0.4, -0.2) is 96.7 Å². The average Bonchev–Trinajstić information content (AvgIpc) is 0.903. The molecule has 3 N–H and O–H groups in total. The first-order valence-electron chi connectivity index (χ1n) is 44.0. The number of hydrogen-bond acceptors (Lipinski definition) is 15. The van der Waals surface area contributed by atoms with Gasteiger partial charge in [-0.05, 0) is 37.5 Å². The van der Waals surface area contributed by atoms with E-state index in [9.17, 15) is 43.2 Å². The van der Waals surface area contributed by atoms with Gasteiger partial charge in [0.05, 0.1) is 26.4 Å². The highest BCUT2D eigenvalue weighted by Gasteiger charge is 2.30. The zero-order valence-corrected chi connectivity index (χ0v) is 70.1. The summed E-state index contributed by atoms with van der Waals surface area (Å²) in [6.07, 6.45) is 68.4. The summed E-state index contributed by atoms with van der Waals surface area (Å²) in [5, 5.41) is 10.7. The maximum Gasteiger partial charge on any atom is 0.472 e. The lowest BCUT2D eigenvalue weighted by molar-refractivity contribution is -0.161. The molecule has 0 amide bonds. The number of carbonyl (C=O) groups is 4. The third kappa shape index (κ3) is 76.8. The Labute approximate surface area is 638 Å². The molecule has 104 heavy (non-hydrogen) atoms. The summed E-state index contributed by atoms with van der Waals surface area (Å²) in [5.74, 6) is -0.641. The molecule has 3 unspecified atom stereocenters. The molecule has 0 aliphatic heterocycles. The number of aliphatic hydroxyl groups excluding tert-OH is 1. The van der Waals surface area contributed by atoms with Crippen molar-refractivity contribution >= 4 is 39.5 Å². The second-order valence-electron chi connectivity index (χ2n) is 31.3. The van der Waals surface area contributed by atoms with E-state index < -0.39 is 97.5 Å². The van der Waals surface area contributed by atoms with Gasteiger partial charge in [0, 0.05) is 25.7 Å². The molecule has 0 heterocycles. The van der Waals surface area contributed by atoms with Crippen molar-refractivity contribution in [2.75, 3.05) is 39.6 Å². The summed E-state index contributed by atoms with van der Waals surface area (Å²) in [6, 6.07) is 0. The Bertz CT molecular complexity index is 2000. The summed E-state index contributed by atoms with van der Waals surface area (Å²) in [4.78, 5) is 73.1. The number of carbonyl (C=O) groups excluding carboxylic acids is 4. The summed E-state index contributed by atoms with van der Waals surface area (Å²) >= 11 is 0. The maximum atomic E-state index is 13.1. The molecule has 618 valence electrons. The Morgan fingerprint density at radius 3 is 0.731 bits per heavy atom. The van der Waals surface area contributed by atoms with Gasteiger partial charge in [-0.1, -0.05) is 401 Å². The summed E-state index contributed by atoms with van der Waals surface area (Å²) < 4.78 is 68.8. The number of unbranched alkanes of at least 4 members (excludes halogenated alkanes) is 53. The second-order valence-corrected chi connectivity index (χ2v) is 34.2. The van der Waals surface area contributed by atoms with Gasteiger partial charge in [0.25, 0.3) is 0 Å². The molecule has 0 saturated heterocycles. The van der Waals surface area contributed by atoms with Crippen molar-refractivity contribution in [1.82, 2.24) is 0 Å². The van der Waals surface area contributed by atoms with Crippen LogP contribution < -0.4 is 0 Å². The van der Waals surface area contributed by atoms with Gasteiger partial charge in [-0.15, -0.1) is 0 Å². The van der Waals surface area contributed by atoms with Gasteiger partial charge in [-0.25, -0.2) is 9.13 Å². The SMILES string of the molecule is CCCCCCCCCCCCCCCCCCCCCCCCC(=O)O[C@H](COC(=O)CCCCCCCCCCCCCCCCCCCCCC)COP(=O)(O)OC[C@@H](O)COP(=O)(O)OC[C@@H](COC(=O)CCCCCCCCC(C)CC)OC(=O)CCCCCCCCCCCC(C)C. The molecule has 0 aromatic carbocycles. The minimum atomic E-state index is -4.97. The molecule has 0 saturated carbocycles. The van der Waals surface area contributed by atoms with Crippen LogP contribution in [0.25, 0.3) is 0 Å². The molecule has 0 aliphatic rings. The molecule has 0 rings (SSSR count). The highest BCUT2D eigenvalue weighted by molar-refractivity contribution is 7.47. The van der Waals surface area contributed by atoms with Crippen LogP contribution in [0.1, 0.15) is 452 Å². The first-order valence-corrected chi connectivity index (χ1v) is 47.0. The van der Waals surface area contributed by atoms with Crippen LogP contribution in [0.4, 0.5) is 0 Å². The Morgan fingerprint density at radius 1 is 0.279 bits per heavy atom. The van der Waals surface area contributed by atoms with Crippen molar-refractivity contribution in [3.05, 3.63) is 0 Å². The molecule has 17 nitrogen and oxygen atoms in total. The number of phosphoric ester groups is 2. The first kappa shape index (κ1) is 102. The fraction of sp³-hybridized carbons (Fsp3) is 0.953. The van der Waals surface area contributed by atoms with E-state index >= 15 is 0 Å². The van der Waals surface area contributed by atoms with Crippen LogP contribution in [0.3, 0.4) is 0 Å². The fourth-order valence-electron chi connectivity index (χ4n) is 13.2. The van der Waals surface area contributed by atoms with Crippen LogP contribution in [0.5, 0.6) is 0 Å². The van der Waals surface area contributed by atoms with E-state index in [1.165, 1.54) is 263 Å². The third-order valence-electron chi connectivity index (χ3n) is 20.3. The van der Waals surface area contributed by atoms with Gasteiger partial charge >= 0.3 is 39.5 Å². The standard InChI is InChI=1S/C85H166O17P2/c1-7-10-12-14-16-18-20-22-24-26-28-30-31-33-35-37-39-41-45-49-57-63-69-84(89)101-80(73-95-82(87)67-61-55-48-44-40-38-36-34-32-29-27-25-23-21-19-17-15-13-11-8-2)75-99-103(91,92)97-71-79(86)72-98-104(93,94)100-76-81(74-96-83(88)68-62-56-52-51-54-60-66-78(6)9-3)102-85(90)70-64-58-50-46-42-43-47-53-59-65-77(4)5/h77-81,86H,7-76H2,1-6H3,(H,91,92)(H,93,94)/t78?,79-,80-,81-/m1/s1. The van der Waals surface area contributed by atoms with Crippen molar-refractivity contribution in [3.63, 3.8) is 0 Å². The zero-order valence-electron chi connectivity index (χ0n) is 68.3. The maximum absolute atomic E-state index is 13.1. The molecule has 0 aromatic rings. The van der Waals surface area contributed by atoms with E-state index in [1.807, 2.05) is 0 Å². The van der Waals surface area contributed by atoms with Crippen molar-refractivity contribution in [3.8, 4) is 0 Å². The molecule has 0 radical (unpaired) electrons. The number of hydrogen-bond donors (Lipinski definition) is 3. The normalized spacial score (nSPS) is 14.1. The minimum absolute atomic E-state index is 0.105. The summed E-state index contributed by atoms with van der Waals surface area (Å²) in [6.45, 7) is 9.58. The van der Waals surface area contributed by atoms with Crippen LogP contribution >= 0.6 is 15.6 Å². The predicted molar refractivity (Wildman–Crippen MR) is 428 cm³/mol. The highest BCUT2D eigenvalue weighted by Crippen LogP contribution is 2.45. The lowest BCUT2D eigenvalue weighted by Gasteiger charge is -2.21. The number of ether oxygens (including phenoxy) is 4. The molecular weight excluding hydrogens is 1350 g/mol. The topological polar surface area (TPSA) is 237 Å². The minimum Gasteiger partial charge on any atom is -0.462 e. The van der Waals surface area contributed by atoms with Gasteiger partial charge < -0.3 is 33.8 Å². The van der Waals surface area contributed by atoms with E-state index in [2.05, 4.69) is 41.5 Å². The van der Waals surface area contributed by atoms with Gasteiger partial charge in [-0.2, -0.15) is 0 Å². The van der Waals surface area contributed by atoms with Crippen LogP contribution in [0, 0.1) is 11.8 Å². The summed E-state index contributed by atoms with van der Waals surface area (Å²) in [7, 11) is -9.92. The van der Waals surface area contributed by atoms with Gasteiger partial charge in [0.15, 0.2) is 12.2 Å². The second kappa shape index (κ2) is 76.4. The number of esters is 4.